The Balaban J connectivity index is 1.84. The van der Waals surface area contributed by atoms with E-state index in [1.165, 1.54) is 17.3 Å². The summed E-state index contributed by atoms with van der Waals surface area (Å²) in [6, 6.07) is 14.7. The van der Waals surface area contributed by atoms with E-state index in [0.717, 1.165) is 16.2 Å². The smallest absolute Gasteiger partial charge is 0.284 e. The van der Waals surface area contributed by atoms with Crippen molar-refractivity contribution >= 4 is 28.8 Å². The number of carbonyl (C=O) groups is 1. The molecular weight excluding hydrogens is 282 g/mol. The van der Waals surface area contributed by atoms with Gasteiger partial charge in [0.2, 0.25) is 0 Å². The van der Waals surface area contributed by atoms with E-state index in [1.807, 2.05) is 31.2 Å². The summed E-state index contributed by atoms with van der Waals surface area (Å²) in [6.45, 7) is 2.02. The van der Waals surface area contributed by atoms with Crippen molar-refractivity contribution < 1.29 is 9.90 Å². The van der Waals surface area contributed by atoms with Crippen molar-refractivity contribution in [3.63, 3.8) is 0 Å². The molecule has 0 aromatic heterocycles. The number of rotatable bonds is 2. The first kappa shape index (κ1) is 13.6. The van der Waals surface area contributed by atoms with Gasteiger partial charge >= 0.3 is 0 Å². The Bertz CT molecular complexity index is 743. The zero-order valence-corrected chi connectivity index (χ0v) is 12.2. The molecule has 3 rings (SSSR count). The molecule has 1 amide bonds. The molecule has 1 N–H and O–H groups in total. The van der Waals surface area contributed by atoms with Crippen LogP contribution in [0.3, 0.4) is 0 Å². The van der Waals surface area contributed by atoms with Gasteiger partial charge in [-0.15, -0.1) is 0 Å². The van der Waals surface area contributed by atoms with Crippen LogP contribution in [-0.4, -0.2) is 16.1 Å². The average molecular weight is 295 g/mol. The number of aliphatic imine (C=N–C) groups is 1. The van der Waals surface area contributed by atoms with Crippen molar-refractivity contribution in [3.05, 3.63) is 70.1 Å². The molecule has 0 bridgehead atoms. The van der Waals surface area contributed by atoms with E-state index in [9.17, 15) is 9.90 Å². The van der Waals surface area contributed by atoms with E-state index in [-0.39, 0.29) is 11.7 Å². The molecule has 2 aromatic carbocycles. The van der Waals surface area contributed by atoms with Gasteiger partial charge in [0.1, 0.15) is 10.8 Å². The summed E-state index contributed by atoms with van der Waals surface area (Å²) >= 11 is 1.38. The molecule has 21 heavy (non-hydrogen) atoms. The number of phenolic OH excluding ortho intramolecular Hbond substituents is 1. The summed E-state index contributed by atoms with van der Waals surface area (Å²) in [5.74, 6) is -0.0113. The molecule has 0 unspecified atom stereocenters. The highest BCUT2D eigenvalue weighted by Gasteiger charge is 2.22. The molecule has 0 atom stereocenters. The lowest BCUT2D eigenvalue weighted by Gasteiger charge is -2.00. The number of nitrogens with zero attached hydrogens (tertiary/aromatic N) is 1. The number of phenols is 1. The Morgan fingerprint density at radius 2 is 1.71 bits per heavy atom. The first-order valence-electron chi connectivity index (χ1n) is 6.50. The third-order valence-corrected chi connectivity index (χ3v) is 4.14. The fourth-order valence-corrected chi connectivity index (χ4v) is 2.87. The highest BCUT2D eigenvalue weighted by Crippen LogP contribution is 2.32. The van der Waals surface area contributed by atoms with Crippen LogP contribution in [0.5, 0.6) is 5.75 Å². The van der Waals surface area contributed by atoms with Crippen LogP contribution < -0.4 is 0 Å². The maximum absolute atomic E-state index is 12.0. The normalized spacial score (nSPS) is 16.3. The number of aromatic hydroxyl groups is 1. The summed E-state index contributed by atoms with van der Waals surface area (Å²) in [7, 11) is 0. The van der Waals surface area contributed by atoms with E-state index in [4.69, 9.17) is 0 Å². The fraction of sp³-hybridized carbons (Fsp3) is 0.0588. The Hall–Kier alpha value is -2.33. The molecule has 0 aliphatic carbocycles. The van der Waals surface area contributed by atoms with E-state index in [2.05, 4.69) is 4.99 Å². The first-order valence-corrected chi connectivity index (χ1v) is 7.32. The van der Waals surface area contributed by atoms with Crippen molar-refractivity contribution in [2.75, 3.05) is 0 Å². The number of thioether (sulfide) groups is 1. The summed E-state index contributed by atoms with van der Waals surface area (Å²) < 4.78 is 0. The molecule has 0 saturated heterocycles. The standard InChI is InChI=1S/C17H13NO2S/c1-11-2-6-13(7-3-11)17-18-16(20)15(21-17)10-12-4-8-14(19)9-5-12/h2-10,19H,1H3/b15-10-. The molecule has 104 valence electrons. The Kier molecular flexibility index (Phi) is 3.62. The van der Waals surface area contributed by atoms with E-state index in [0.29, 0.717) is 4.91 Å². The number of hydrogen-bond acceptors (Lipinski definition) is 3. The minimum absolute atomic E-state index is 0.208. The summed E-state index contributed by atoms with van der Waals surface area (Å²) in [5.41, 5.74) is 2.99. The highest BCUT2D eigenvalue weighted by molar-refractivity contribution is 8.19. The molecule has 1 heterocycles. The van der Waals surface area contributed by atoms with Crippen LogP contribution in [0.2, 0.25) is 0 Å². The lowest BCUT2D eigenvalue weighted by molar-refractivity contribution is -0.113. The van der Waals surface area contributed by atoms with Gasteiger partial charge in [0.25, 0.3) is 5.91 Å². The van der Waals surface area contributed by atoms with Crippen molar-refractivity contribution in [1.82, 2.24) is 0 Å². The predicted octanol–water partition coefficient (Wildman–Crippen LogP) is 3.76. The van der Waals surface area contributed by atoms with Gasteiger partial charge in [-0.1, -0.05) is 53.7 Å². The molecule has 0 radical (unpaired) electrons. The van der Waals surface area contributed by atoms with E-state index >= 15 is 0 Å². The zero-order chi connectivity index (χ0) is 14.8. The van der Waals surface area contributed by atoms with Gasteiger partial charge in [-0.05, 0) is 30.7 Å². The maximum Gasteiger partial charge on any atom is 0.284 e. The third kappa shape index (κ3) is 3.06. The van der Waals surface area contributed by atoms with Crippen LogP contribution >= 0.6 is 11.8 Å². The minimum atomic E-state index is -0.219. The van der Waals surface area contributed by atoms with Gasteiger partial charge < -0.3 is 5.11 Å². The lowest BCUT2D eigenvalue weighted by atomic mass is 10.2. The first-order chi connectivity index (χ1) is 10.1. The van der Waals surface area contributed by atoms with Crippen LogP contribution in [0, 0.1) is 6.92 Å². The Labute approximate surface area is 127 Å². The van der Waals surface area contributed by atoms with Crippen LogP contribution in [0.1, 0.15) is 16.7 Å². The Morgan fingerprint density at radius 3 is 2.38 bits per heavy atom. The van der Waals surface area contributed by atoms with E-state index < -0.39 is 0 Å². The minimum Gasteiger partial charge on any atom is -0.508 e. The molecular formula is C17H13NO2S. The van der Waals surface area contributed by atoms with Crippen molar-refractivity contribution in [2.45, 2.75) is 6.92 Å². The van der Waals surface area contributed by atoms with Gasteiger partial charge in [0.05, 0.1) is 4.91 Å². The van der Waals surface area contributed by atoms with Crippen molar-refractivity contribution in [1.29, 1.82) is 0 Å². The number of amides is 1. The van der Waals surface area contributed by atoms with Gasteiger partial charge in [-0.3, -0.25) is 4.79 Å². The number of hydrogen-bond donors (Lipinski definition) is 1. The monoisotopic (exact) mass is 295 g/mol. The predicted molar refractivity (Wildman–Crippen MR) is 86.4 cm³/mol. The van der Waals surface area contributed by atoms with Gasteiger partial charge in [0.15, 0.2) is 0 Å². The fourth-order valence-electron chi connectivity index (χ4n) is 1.95. The second-order valence-corrected chi connectivity index (χ2v) is 5.82. The van der Waals surface area contributed by atoms with Crippen molar-refractivity contribution in [2.24, 2.45) is 4.99 Å². The topological polar surface area (TPSA) is 49.7 Å². The van der Waals surface area contributed by atoms with Gasteiger partial charge in [-0.25, -0.2) is 4.99 Å². The lowest BCUT2D eigenvalue weighted by Crippen LogP contribution is -1.90. The second kappa shape index (κ2) is 5.58. The van der Waals surface area contributed by atoms with Crippen LogP contribution in [-0.2, 0) is 4.79 Å². The molecule has 4 heteroatoms. The summed E-state index contributed by atoms with van der Waals surface area (Å²) in [6.07, 6.45) is 1.79. The number of benzene rings is 2. The third-order valence-electron chi connectivity index (χ3n) is 3.11. The molecule has 0 saturated carbocycles. The summed E-state index contributed by atoms with van der Waals surface area (Å²) in [4.78, 5) is 16.7. The SMILES string of the molecule is Cc1ccc(C2=NC(=O)/C(=C/c3ccc(O)cc3)S2)cc1. The van der Waals surface area contributed by atoms with Gasteiger partial charge in [-0.2, -0.15) is 0 Å². The molecule has 1 aliphatic rings. The maximum atomic E-state index is 12.0. The van der Waals surface area contributed by atoms with E-state index in [1.54, 1.807) is 30.3 Å². The van der Waals surface area contributed by atoms with Crippen molar-refractivity contribution in [3.8, 4) is 5.75 Å². The summed E-state index contributed by atoms with van der Waals surface area (Å²) in [5, 5.41) is 9.99. The zero-order valence-electron chi connectivity index (χ0n) is 11.4. The van der Waals surface area contributed by atoms with Gasteiger partial charge in [0, 0.05) is 5.56 Å². The Morgan fingerprint density at radius 1 is 1.05 bits per heavy atom. The number of carbonyl (C=O) groups excluding carboxylic acids is 1. The largest absolute Gasteiger partial charge is 0.508 e. The molecule has 1 aliphatic heterocycles. The average Bonchev–Trinajstić information content (AvgIpc) is 2.83. The molecule has 3 nitrogen and oxygen atoms in total. The molecule has 2 aromatic rings. The van der Waals surface area contributed by atoms with Crippen LogP contribution in [0.15, 0.2) is 58.4 Å². The second-order valence-electron chi connectivity index (χ2n) is 4.79. The van der Waals surface area contributed by atoms with Crippen LogP contribution in [0.4, 0.5) is 0 Å². The highest BCUT2D eigenvalue weighted by atomic mass is 32.2. The number of aryl methyl sites for hydroxylation is 1. The quantitative estimate of drug-likeness (QED) is 0.858. The molecule has 0 spiro atoms. The molecule has 0 fully saturated rings. The van der Waals surface area contributed by atoms with Crippen LogP contribution in [0.25, 0.3) is 6.08 Å².